The molecule has 1 aliphatic rings. The van der Waals surface area contributed by atoms with Crippen LogP contribution in [0.3, 0.4) is 0 Å². The minimum absolute atomic E-state index is 0.00544. The first-order valence-electron chi connectivity index (χ1n) is 9.88. The fourth-order valence-electron chi connectivity index (χ4n) is 4.13. The fraction of sp³-hybridized carbons (Fsp3) is 0.476. The highest BCUT2D eigenvalue weighted by Crippen LogP contribution is 2.41. The number of amides is 1. The number of nitrogens with zero attached hydrogens (tertiary/aromatic N) is 2. The predicted molar refractivity (Wildman–Crippen MR) is 113 cm³/mol. The van der Waals surface area contributed by atoms with E-state index in [-0.39, 0.29) is 17.9 Å². The van der Waals surface area contributed by atoms with Gasteiger partial charge in [0.05, 0.1) is 16.0 Å². The van der Waals surface area contributed by atoms with E-state index in [1.165, 1.54) is 6.39 Å². The third-order valence-corrected chi connectivity index (χ3v) is 6.72. The van der Waals surface area contributed by atoms with Crippen molar-refractivity contribution >= 4 is 40.0 Å². The van der Waals surface area contributed by atoms with Crippen LogP contribution in [0.5, 0.6) is 0 Å². The van der Waals surface area contributed by atoms with Crippen molar-refractivity contribution in [3.8, 4) is 0 Å². The number of H-pyrrole nitrogens is 1. The van der Waals surface area contributed by atoms with E-state index >= 15 is 0 Å². The summed E-state index contributed by atoms with van der Waals surface area (Å²) < 4.78 is 5.40. The van der Waals surface area contributed by atoms with Crippen LogP contribution in [-0.4, -0.2) is 21.1 Å². The van der Waals surface area contributed by atoms with Crippen LogP contribution in [0, 0.1) is 11.3 Å². The van der Waals surface area contributed by atoms with Crippen LogP contribution >= 0.6 is 23.2 Å². The fourth-order valence-corrected chi connectivity index (χ4v) is 4.67. The zero-order valence-corrected chi connectivity index (χ0v) is 18.2. The van der Waals surface area contributed by atoms with Crippen molar-refractivity contribution in [2.75, 3.05) is 0 Å². The molecule has 4 rings (SSSR count). The molecule has 6 nitrogen and oxygen atoms in total. The molecule has 1 aromatic carbocycles. The van der Waals surface area contributed by atoms with E-state index in [2.05, 4.69) is 34.3 Å². The topological polar surface area (TPSA) is 83.8 Å². The lowest BCUT2D eigenvalue weighted by molar-refractivity contribution is -0.132. The highest BCUT2D eigenvalue weighted by molar-refractivity contribution is 6.38. The third-order valence-electron chi connectivity index (χ3n) is 6.20. The van der Waals surface area contributed by atoms with Crippen LogP contribution in [0.1, 0.15) is 56.8 Å². The van der Waals surface area contributed by atoms with Crippen LogP contribution in [0.2, 0.25) is 10.0 Å². The van der Waals surface area contributed by atoms with Gasteiger partial charge in [-0.05, 0) is 42.9 Å². The molecule has 154 valence electrons. The van der Waals surface area contributed by atoms with E-state index in [1.54, 1.807) is 6.07 Å². The average Bonchev–Trinajstić information content (AvgIpc) is 3.33. The van der Waals surface area contributed by atoms with Crippen molar-refractivity contribution in [1.82, 2.24) is 20.5 Å². The molecule has 2 heterocycles. The lowest BCUT2D eigenvalue weighted by atomic mass is 9.73. The summed E-state index contributed by atoms with van der Waals surface area (Å²) in [4.78, 5) is 16.8. The molecule has 0 aliphatic heterocycles. The van der Waals surface area contributed by atoms with Gasteiger partial charge in [-0.3, -0.25) is 4.79 Å². The summed E-state index contributed by atoms with van der Waals surface area (Å²) >= 11 is 12.6. The van der Waals surface area contributed by atoms with Gasteiger partial charge in [-0.15, -0.1) is 10.2 Å². The number of hydrogen-bond acceptors (Lipinski definition) is 4. The molecule has 0 fully saturated rings. The monoisotopic (exact) mass is 434 g/mol. The Balaban J connectivity index is 1.63. The van der Waals surface area contributed by atoms with Crippen molar-refractivity contribution < 1.29 is 9.21 Å². The molecule has 1 aliphatic carbocycles. The standard InChI is InChI=1S/C21H24Cl2N4O2/c1-4-11(2)17(19-27-24-10-29-19)26-20(28)21(3)6-5-16-14(9-21)13-7-12(22)8-15(23)18(13)25-16/h7-8,10-11,17,25H,4-6,9H2,1-3H3,(H,26,28)/t11?,17-,21+/m0/s1. The number of aromatic nitrogens is 3. The molecule has 1 amide bonds. The Kier molecular flexibility index (Phi) is 5.34. The van der Waals surface area contributed by atoms with E-state index < -0.39 is 5.41 Å². The number of rotatable bonds is 5. The van der Waals surface area contributed by atoms with Gasteiger partial charge in [0.15, 0.2) is 0 Å². The van der Waals surface area contributed by atoms with Crippen molar-refractivity contribution in [2.45, 2.75) is 52.5 Å². The van der Waals surface area contributed by atoms with Crippen molar-refractivity contribution in [2.24, 2.45) is 11.3 Å². The summed E-state index contributed by atoms with van der Waals surface area (Å²) in [5.41, 5.74) is 2.58. The smallest absolute Gasteiger partial charge is 0.238 e. The minimum Gasteiger partial charge on any atom is -0.426 e. The zero-order valence-electron chi connectivity index (χ0n) is 16.7. The summed E-state index contributed by atoms with van der Waals surface area (Å²) in [5, 5.41) is 13.2. The summed E-state index contributed by atoms with van der Waals surface area (Å²) in [5.74, 6) is 0.612. The Bertz CT molecular complexity index is 1050. The number of benzene rings is 1. The van der Waals surface area contributed by atoms with E-state index in [9.17, 15) is 4.79 Å². The maximum atomic E-state index is 13.4. The van der Waals surface area contributed by atoms with Gasteiger partial charge >= 0.3 is 0 Å². The third kappa shape index (κ3) is 3.64. The Morgan fingerprint density at radius 2 is 2.21 bits per heavy atom. The first-order chi connectivity index (χ1) is 13.8. The second kappa shape index (κ2) is 7.65. The number of aryl methyl sites for hydroxylation is 1. The van der Waals surface area contributed by atoms with Gasteiger partial charge in [-0.25, -0.2) is 0 Å². The molecule has 0 radical (unpaired) electrons. The quantitative estimate of drug-likeness (QED) is 0.573. The maximum Gasteiger partial charge on any atom is 0.238 e. The molecule has 3 atom stereocenters. The van der Waals surface area contributed by atoms with Gasteiger partial charge in [0.25, 0.3) is 0 Å². The Morgan fingerprint density at radius 1 is 1.41 bits per heavy atom. The Morgan fingerprint density at radius 3 is 2.90 bits per heavy atom. The number of nitrogens with one attached hydrogen (secondary N) is 2. The van der Waals surface area contributed by atoms with Crippen LogP contribution in [0.4, 0.5) is 0 Å². The average molecular weight is 435 g/mol. The molecule has 2 N–H and O–H groups in total. The first kappa shape index (κ1) is 20.2. The Hall–Kier alpha value is -2.05. The largest absolute Gasteiger partial charge is 0.426 e. The summed E-state index contributed by atoms with van der Waals surface area (Å²) in [6.07, 6.45) is 4.30. The predicted octanol–water partition coefficient (Wildman–Crippen LogP) is 5.26. The molecule has 1 unspecified atom stereocenters. The second-order valence-corrected chi connectivity index (χ2v) is 9.09. The summed E-state index contributed by atoms with van der Waals surface area (Å²) in [6, 6.07) is 3.35. The number of aromatic amines is 1. The molecule has 29 heavy (non-hydrogen) atoms. The maximum absolute atomic E-state index is 13.4. The SMILES string of the molecule is CCC(C)[C@H](NC(=O)[C@]1(C)CCc2[nH]c3c(Cl)cc(Cl)cc3c2C1)c1nnco1. The molecule has 0 saturated carbocycles. The molecule has 2 aromatic heterocycles. The van der Waals surface area contributed by atoms with Crippen LogP contribution in [0.15, 0.2) is 22.9 Å². The van der Waals surface area contributed by atoms with Crippen molar-refractivity contribution in [3.05, 3.63) is 45.7 Å². The van der Waals surface area contributed by atoms with E-state index in [4.69, 9.17) is 27.6 Å². The van der Waals surface area contributed by atoms with E-state index in [0.29, 0.717) is 22.4 Å². The van der Waals surface area contributed by atoms with Crippen LogP contribution in [-0.2, 0) is 17.6 Å². The molecule has 8 heteroatoms. The molecule has 0 bridgehead atoms. The van der Waals surface area contributed by atoms with Gasteiger partial charge < -0.3 is 14.7 Å². The highest BCUT2D eigenvalue weighted by atomic mass is 35.5. The van der Waals surface area contributed by atoms with Gasteiger partial charge in [0.2, 0.25) is 18.2 Å². The van der Waals surface area contributed by atoms with Gasteiger partial charge in [0, 0.05) is 16.1 Å². The minimum atomic E-state index is -0.553. The van der Waals surface area contributed by atoms with Gasteiger partial charge in [0.1, 0.15) is 6.04 Å². The van der Waals surface area contributed by atoms with Crippen molar-refractivity contribution in [1.29, 1.82) is 0 Å². The molecular weight excluding hydrogens is 411 g/mol. The number of fused-ring (bicyclic) bond motifs is 3. The van der Waals surface area contributed by atoms with Crippen LogP contribution in [0.25, 0.3) is 10.9 Å². The molecule has 3 aromatic rings. The lowest BCUT2D eigenvalue weighted by Crippen LogP contribution is -2.45. The van der Waals surface area contributed by atoms with E-state index in [0.717, 1.165) is 41.4 Å². The second-order valence-electron chi connectivity index (χ2n) is 8.24. The normalized spacial score (nSPS) is 21.0. The van der Waals surface area contributed by atoms with Gasteiger partial charge in [-0.2, -0.15) is 0 Å². The number of carbonyl (C=O) groups is 1. The number of hydrogen-bond donors (Lipinski definition) is 2. The van der Waals surface area contributed by atoms with E-state index in [1.807, 2.05) is 13.0 Å². The van der Waals surface area contributed by atoms with Gasteiger partial charge in [-0.1, -0.05) is 50.4 Å². The van der Waals surface area contributed by atoms with Crippen LogP contribution < -0.4 is 5.32 Å². The Labute approximate surface area is 179 Å². The lowest BCUT2D eigenvalue weighted by Gasteiger charge is -2.34. The first-order valence-corrected chi connectivity index (χ1v) is 10.6. The molecular formula is C21H24Cl2N4O2. The molecule has 0 spiro atoms. The zero-order chi connectivity index (χ0) is 20.8. The van der Waals surface area contributed by atoms with Crippen molar-refractivity contribution in [3.63, 3.8) is 0 Å². The highest BCUT2D eigenvalue weighted by Gasteiger charge is 2.40. The number of carbonyl (C=O) groups excluding carboxylic acids is 1. The summed E-state index contributed by atoms with van der Waals surface area (Å²) in [7, 11) is 0. The number of halogens is 2. The summed E-state index contributed by atoms with van der Waals surface area (Å²) in [6.45, 7) is 6.16. The molecule has 0 saturated heterocycles.